The average Bonchev–Trinajstić information content (AvgIpc) is 2.77. The Bertz CT molecular complexity index is 1030. The van der Waals surface area contributed by atoms with Gasteiger partial charge in [0.05, 0.1) is 10.4 Å². The number of aromatic nitrogens is 1. The second-order valence-electron chi connectivity index (χ2n) is 7.31. The van der Waals surface area contributed by atoms with Crippen LogP contribution in [0, 0.1) is 16.0 Å². The van der Waals surface area contributed by atoms with Crippen LogP contribution in [-0.4, -0.2) is 40.3 Å². The molecule has 7 nitrogen and oxygen atoms in total. The first kappa shape index (κ1) is 18.9. The summed E-state index contributed by atoms with van der Waals surface area (Å²) in [5, 5.41) is 15.0. The van der Waals surface area contributed by atoms with Gasteiger partial charge in [0, 0.05) is 42.7 Å². The standard InChI is InChI=1S/C22H22N4O3/c27-22(17-4-2-1-3-5-17)25-12-10-16(11-13-25)15-23-21-9-6-18-14-19(26(28)29)7-8-20(18)24-21/h1-9,14,16H,10-13,15H2,(H,23,24). The Labute approximate surface area is 168 Å². The monoisotopic (exact) mass is 390 g/mol. The molecular formula is C22H22N4O3. The lowest BCUT2D eigenvalue weighted by Crippen LogP contribution is -2.39. The van der Waals surface area contributed by atoms with Crippen molar-refractivity contribution in [2.75, 3.05) is 25.0 Å². The second-order valence-corrected chi connectivity index (χ2v) is 7.31. The third-order valence-corrected chi connectivity index (χ3v) is 5.38. The second kappa shape index (κ2) is 8.26. The van der Waals surface area contributed by atoms with E-state index in [9.17, 15) is 14.9 Å². The molecule has 7 heteroatoms. The third-order valence-electron chi connectivity index (χ3n) is 5.38. The molecule has 1 aliphatic heterocycles. The van der Waals surface area contributed by atoms with Crippen molar-refractivity contribution >= 4 is 28.3 Å². The summed E-state index contributed by atoms with van der Waals surface area (Å²) >= 11 is 0. The minimum absolute atomic E-state index is 0.0665. The number of benzene rings is 2. The number of rotatable bonds is 5. The first-order valence-electron chi connectivity index (χ1n) is 9.73. The summed E-state index contributed by atoms with van der Waals surface area (Å²) in [6.45, 7) is 2.31. The highest BCUT2D eigenvalue weighted by Crippen LogP contribution is 2.23. The highest BCUT2D eigenvalue weighted by Gasteiger charge is 2.23. The third kappa shape index (κ3) is 4.34. The van der Waals surface area contributed by atoms with E-state index in [-0.39, 0.29) is 11.6 Å². The number of nitrogens with one attached hydrogen (secondary N) is 1. The van der Waals surface area contributed by atoms with Crippen LogP contribution in [0.4, 0.5) is 11.5 Å². The van der Waals surface area contributed by atoms with Gasteiger partial charge in [0.2, 0.25) is 0 Å². The lowest BCUT2D eigenvalue weighted by atomic mass is 9.96. The summed E-state index contributed by atoms with van der Waals surface area (Å²) < 4.78 is 0. The van der Waals surface area contributed by atoms with Gasteiger partial charge in [0.25, 0.3) is 11.6 Å². The molecule has 1 fully saturated rings. The van der Waals surface area contributed by atoms with E-state index in [0.29, 0.717) is 5.92 Å². The number of hydrogen-bond acceptors (Lipinski definition) is 5. The van der Waals surface area contributed by atoms with E-state index in [4.69, 9.17) is 0 Å². The van der Waals surface area contributed by atoms with Gasteiger partial charge in [-0.1, -0.05) is 18.2 Å². The van der Waals surface area contributed by atoms with Crippen LogP contribution in [0.3, 0.4) is 0 Å². The minimum Gasteiger partial charge on any atom is -0.370 e. The lowest BCUT2D eigenvalue weighted by Gasteiger charge is -2.32. The molecule has 0 spiro atoms. The molecule has 0 aliphatic carbocycles. The molecule has 1 aromatic heterocycles. The summed E-state index contributed by atoms with van der Waals surface area (Å²) in [5.41, 5.74) is 1.53. The predicted octanol–water partition coefficient (Wildman–Crippen LogP) is 4.11. The number of hydrogen-bond donors (Lipinski definition) is 1. The van der Waals surface area contributed by atoms with Crippen molar-refractivity contribution in [3.63, 3.8) is 0 Å². The molecule has 29 heavy (non-hydrogen) atoms. The molecule has 148 valence electrons. The summed E-state index contributed by atoms with van der Waals surface area (Å²) in [6.07, 6.45) is 1.90. The maximum Gasteiger partial charge on any atom is 0.270 e. The fraction of sp³-hybridized carbons (Fsp3) is 0.273. The number of anilines is 1. The number of carbonyl (C=O) groups is 1. The zero-order valence-electron chi connectivity index (χ0n) is 16.0. The number of carbonyl (C=O) groups excluding carboxylic acids is 1. The van der Waals surface area contributed by atoms with Crippen LogP contribution in [0.15, 0.2) is 60.7 Å². The van der Waals surface area contributed by atoms with Crippen molar-refractivity contribution in [1.82, 2.24) is 9.88 Å². The van der Waals surface area contributed by atoms with Crippen LogP contribution >= 0.6 is 0 Å². The summed E-state index contributed by atoms with van der Waals surface area (Å²) in [5.74, 6) is 1.33. The number of fused-ring (bicyclic) bond motifs is 1. The van der Waals surface area contributed by atoms with Gasteiger partial charge in [-0.05, 0) is 49.1 Å². The van der Waals surface area contributed by atoms with Crippen LogP contribution in [-0.2, 0) is 0 Å². The van der Waals surface area contributed by atoms with Crippen molar-refractivity contribution in [2.45, 2.75) is 12.8 Å². The normalized spacial score (nSPS) is 14.7. The molecule has 0 radical (unpaired) electrons. The van der Waals surface area contributed by atoms with Crippen LogP contribution in [0.1, 0.15) is 23.2 Å². The molecule has 3 aromatic rings. The van der Waals surface area contributed by atoms with E-state index in [1.807, 2.05) is 47.4 Å². The number of amides is 1. The smallest absolute Gasteiger partial charge is 0.270 e. The number of likely N-dealkylation sites (tertiary alicyclic amines) is 1. The molecule has 2 heterocycles. The van der Waals surface area contributed by atoms with Gasteiger partial charge in [0.1, 0.15) is 5.82 Å². The quantitative estimate of drug-likeness (QED) is 0.523. The van der Waals surface area contributed by atoms with Gasteiger partial charge in [-0.25, -0.2) is 4.98 Å². The molecule has 0 bridgehead atoms. The highest BCUT2D eigenvalue weighted by atomic mass is 16.6. The Balaban J connectivity index is 1.31. The molecule has 0 saturated carbocycles. The Morgan fingerprint density at radius 1 is 1.10 bits per heavy atom. The van der Waals surface area contributed by atoms with E-state index in [1.165, 1.54) is 12.1 Å². The van der Waals surface area contributed by atoms with Crippen LogP contribution < -0.4 is 5.32 Å². The predicted molar refractivity (Wildman–Crippen MR) is 112 cm³/mol. The molecule has 2 aromatic carbocycles. The molecule has 1 N–H and O–H groups in total. The average molecular weight is 390 g/mol. The number of nitro groups is 1. The first-order chi connectivity index (χ1) is 14.1. The number of non-ortho nitro benzene ring substituents is 1. The van der Waals surface area contributed by atoms with E-state index in [0.717, 1.165) is 54.8 Å². The van der Waals surface area contributed by atoms with Gasteiger partial charge in [-0.2, -0.15) is 0 Å². The summed E-state index contributed by atoms with van der Waals surface area (Å²) in [7, 11) is 0. The van der Waals surface area contributed by atoms with Gasteiger partial charge >= 0.3 is 0 Å². The van der Waals surface area contributed by atoms with Crippen molar-refractivity contribution in [3.8, 4) is 0 Å². The van der Waals surface area contributed by atoms with Gasteiger partial charge in [0.15, 0.2) is 0 Å². The molecule has 1 aliphatic rings. The van der Waals surface area contributed by atoms with Crippen molar-refractivity contribution in [1.29, 1.82) is 0 Å². The molecule has 0 atom stereocenters. The molecule has 0 unspecified atom stereocenters. The molecule has 1 amide bonds. The van der Waals surface area contributed by atoms with Crippen molar-refractivity contribution in [2.24, 2.45) is 5.92 Å². The number of pyridine rings is 1. The van der Waals surface area contributed by atoms with E-state index < -0.39 is 4.92 Å². The Morgan fingerprint density at radius 3 is 2.59 bits per heavy atom. The van der Waals surface area contributed by atoms with Crippen LogP contribution in [0.25, 0.3) is 10.9 Å². The molecule has 4 rings (SSSR count). The number of nitrogens with zero attached hydrogens (tertiary/aromatic N) is 3. The van der Waals surface area contributed by atoms with Gasteiger partial charge in [-0.15, -0.1) is 0 Å². The molecular weight excluding hydrogens is 368 g/mol. The largest absolute Gasteiger partial charge is 0.370 e. The lowest BCUT2D eigenvalue weighted by molar-refractivity contribution is -0.384. The zero-order chi connectivity index (χ0) is 20.2. The summed E-state index contributed by atoms with van der Waals surface area (Å²) in [6, 6.07) is 17.8. The van der Waals surface area contributed by atoms with E-state index >= 15 is 0 Å². The maximum atomic E-state index is 12.5. The number of piperidine rings is 1. The zero-order valence-corrected chi connectivity index (χ0v) is 16.0. The van der Waals surface area contributed by atoms with Crippen LogP contribution in [0.2, 0.25) is 0 Å². The molecule has 1 saturated heterocycles. The summed E-state index contributed by atoms with van der Waals surface area (Å²) in [4.78, 5) is 29.5. The first-order valence-corrected chi connectivity index (χ1v) is 9.73. The van der Waals surface area contributed by atoms with Crippen LogP contribution in [0.5, 0.6) is 0 Å². The van der Waals surface area contributed by atoms with Gasteiger partial charge in [-0.3, -0.25) is 14.9 Å². The van der Waals surface area contributed by atoms with Crippen molar-refractivity contribution in [3.05, 3.63) is 76.3 Å². The van der Waals surface area contributed by atoms with E-state index in [1.54, 1.807) is 6.07 Å². The fourth-order valence-electron chi connectivity index (χ4n) is 3.68. The SMILES string of the molecule is O=C(c1ccccc1)N1CCC(CNc2ccc3cc([N+](=O)[O-])ccc3n2)CC1. The van der Waals surface area contributed by atoms with Crippen molar-refractivity contribution < 1.29 is 9.72 Å². The Kier molecular flexibility index (Phi) is 5.37. The Hall–Kier alpha value is -3.48. The van der Waals surface area contributed by atoms with Gasteiger partial charge < -0.3 is 10.2 Å². The van der Waals surface area contributed by atoms with E-state index in [2.05, 4.69) is 10.3 Å². The highest BCUT2D eigenvalue weighted by molar-refractivity contribution is 5.94. The maximum absolute atomic E-state index is 12.5. The minimum atomic E-state index is -0.402. The topological polar surface area (TPSA) is 88.4 Å². The Morgan fingerprint density at radius 2 is 1.86 bits per heavy atom. The number of nitro benzene ring substituents is 1. The fourth-order valence-corrected chi connectivity index (χ4v) is 3.68.